The Bertz CT molecular complexity index is 1140. The molecule has 4 aromatic rings. The molecule has 2 heterocycles. The van der Waals surface area contributed by atoms with Gasteiger partial charge in [0.25, 0.3) is 5.91 Å². The number of hydrogen-bond acceptors (Lipinski definition) is 4. The van der Waals surface area contributed by atoms with Crippen LogP contribution in [0.4, 0.5) is 0 Å². The number of amides is 1. The van der Waals surface area contributed by atoms with Crippen LogP contribution in [0, 0.1) is 6.92 Å². The highest BCUT2D eigenvalue weighted by Gasteiger charge is 2.08. The fourth-order valence-corrected chi connectivity index (χ4v) is 3.49. The summed E-state index contributed by atoms with van der Waals surface area (Å²) in [5.74, 6) is -0.383. The van der Waals surface area contributed by atoms with Gasteiger partial charge in [-0.05, 0) is 23.3 Å². The predicted octanol–water partition coefficient (Wildman–Crippen LogP) is 3.59. The minimum atomic E-state index is -0.383. The molecule has 0 bridgehead atoms. The lowest BCUT2D eigenvalue weighted by atomic mass is 10.0. The second-order valence-corrected chi connectivity index (χ2v) is 6.78. The van der Waals surface area contributed by atoms with E-state index in [9.17, 15) is 4.79 Å². The molecule has 0 fully saturated rings. The largest absolute Gasteiger partial charge is 0.319 e. The van der Waals surface area contributed by atoms with Crippen LogP contribution in [0.15, 0.2) is 71.4 Å². The number of carbonyl (C=O) groups is 1. The van der Waals surface area contributed by atoms with Gasteiger partial charge in [-0.25, -0.2) is 4.98 Å². The third kappa shape index (κ3) is 3.32. The maximum atomic E-state index is 12.4. The summed E-state index contributed by atoms with van der Waals surface area (Å²) < 4.78 is 1.98. The molecule has 2 aromatic carbocycles. The van der Waals surface area contributed by atoms with E-state index in [0.717, 1.165) is 5.69 Å². The highest BCUT2D eigenvalue weighted by molar-refractivity contribution is 7.07. The number of fused-ring (bicyclic) bond motifs is 1. The Balaban J connectivity index is 1.68. The molecule has 0 saturated heterocycles. The summed E-state index contributed by atoms with van der Waals surface area (Å²) in [6.07, 6.45) is 4.98. The zero-order valence-electron chi connectivity index (χ0n) is 14.2. The summed E-state index contributed by atoms with van der Waals surface area (Å²) in [4.78, 5) is 25.5. The molecular formula is C20H16N4OS. The van der Waals surface area contributed by atoms with E-state index >= 15 is 0 Å². The summed E-state index contributed by atoms with van der Waals surface area (Å²) in [7, 11) is 0. The third-order valence-electron chi connectivity index (χ3n) is 4.08. The first kappa shape index (κ1) is 16.4. The number of carbonyl (C=O) groups excluding carboxylic acids is 1. The van der Waals surface area contributed by atoms with E-state index in [2.05, 4.69) is 45.3 Å². The molecule has 1 amide bonds. The van der Waals surface area contributed by atoms with E-state index in [4.69, 9.17) is 0 Å². The maximum Gasteiger partial charge on any atom is 0.299 e. The normalized spacial score (nSPS) is 11.8. The van der Waals surface area contributed by atoms with Crippen molar-refractivity contribution in [3.05, 3.63) is 88.2 Å². The molecule has 2 aromatic heterocycles. The van der Waals surface area contributed by atoms with Crippen LogP contribution >= 0.6 is 11.3 Å². The van der Waals surface area contributed by atoms with Gasteiger partial charge in [0.1, 0.15) is 5.69 Å². The number of thiazole rings is 1. The van der Waals surface area contributed by atoms with E-state index in [1.807, 2.05) is 35.2 Å². The van der Waals surface area contributed by atoms with Crippen molar-refractivity contribution in [3.63, 3.8) is 0 Å². The van der Waals surface area contributed by atoms with Gasteiger partial charge in [0, 0.05) is 17.8 Å². The summed E-state index contributed by atoms with van der Waals surface area (Å²) in [5, 5.41) is 4.33. The first-order valence-corrected chi connectivity index (χ1v) is 9.07. The minimum Gasteiger partial charge on any atom is -0.319 e. The monoisotopic (exact) mass is 360 g/mol. The second-order valence-electron chi connectivity index (χ2n) is 5.91. The van der Waals surface area contributed by atoms with E-state index in [1.54, 1.807) is 6.20 Å². The smallest absolute Gasteiger partial charge is 0.299 e. The molecule has 0 radical (unpaired) electrons. The molecule has 4 rings (SSSR count). The van der Waals surface area contributed by atoms with Crippen LogP contribution in [0.25, 0.3) is 10.8 Å². The Kier molecular flexibility index (Phi) is 4.41. The van der Waals surface area contributed by atoms with Crippen molar-refractivity contribution in [3.8, 4) is 0 Å². The van der Waals surface area contributed by atoms with E-state index in [1.165, 1.54) is 33.9 Å². The molecule has 0 spiro atoms. The molecule has 0 unspecified atom stereocenters. The number of rotatable bonds is 3. The maximum absolute atomic E-state index is 12.4. The lowest BCUT2D eigenvalue weighted by molar-refractivity contribution is 0.0992. The topological polar surface area (TPSA) is 60.1 Å². The van der Waals surface area contributed by atoms with Crippen molar-refractivity contribution in [2.45, 2.75) is 13.5 Å². The number of hydrogen-bond donors (Lipinski definition) is 0. The van der Waals surface area contributed by atoms with Gasteiger partial charge in [-0.3, -0.25) is 9.78 Å². The van der Waals surface area contributed by atoms with Crippen LogP contribution < -0.4 is 4.80 Å². The molecule has 0 atom stereocenters. The average Bonchev–Trinajstić information content (AvgIpc) is 3.09. The van der Waals surface area contributed by atoms with Crippen LogP contribution in [0.3, 0.4) is 0 Å². The van der Waals surface area contributed by atoms with Crippen molar-refractivity contribution >= 4 is 28.0 Å². The molecule has 5 nitrogen and oxygen atoms in total. The lowest BCUT2D eigenvalue weighted by Gasteiger charge is -2.07. The minimum absolute atomic E-state index is 0.251. The summed E-state index contributed by atoms with van der Waals surface area (Å²) >= 11 is 1.43. The molecule has 0 aliphatic rings. The summed E-state index contributed by atoms with van der Waals surface area (Å²) in [6.45, 7) is 2.48. The first-order chi connectivity index (χ1) is 12.7. The molecule has 6 heteroatoms. The standard InChI is InChI=1S/C20H16N4OS/c1-14-11-22-18(12-21-14)19(25)23-20-24(9-10-26-20)13-16-7-4-6-15-5-2-3-8-17(15)16/h2-12H,13H2,1H3. The van der Waals surface area contributed by atoms with Gasteiger partial charge < -0.3 is 4.57 Å². The van der Waals surface area contributed by atoms with E-state index < -0.39 is 0 Å². The molecule has 0 aliphatic heterocycles. The summed E-state index contributed by atoms with van der Waals surface area (Å²) in [6, 6.07) is 14.5. The Morgan fingerprint density at radius 3 is 2.81 bits per heavy atom. The average molecular weight is 360 g/mol. The molecule has 128 valence electrons. The van der Waals surface area contributed by atoms with Crippen molar-refractivity contribution < 1.29 is 4.79 Å². The number of nitrogens with zero attached hydrogens (tertiary/aromatic N) is 4. The van der Waals surface area contributed by atoms with Gasteiger partial charge >= 0.3 is 0 Å². The molecule has 0 N–H and O–H groups in total. The lowest BCUT2D eigenvalue weighted by Crippen LogP contribution is -2.17. The molecule has 0 aliphatic carbocycles. The number of aromatic nitrogens is 3. The number of benzene rings is 2. The van der Waals surface area contributed by atoms with Gasteiger partial charge in [0.05, 0.1) is 18.4 Å². The summed E-state index contributed by atoms with van der Waals surface area (Å²) in [5.41, 5.74) is 2.20. The highest BCUT2D eigenvalue weighted by Crippen LogP contribution is 2.19. The van der Waals surface area contributed by atoms with Crippen molar-refractivity contribution in [1.29, 1.82) is 0 Å². The SMILES string of the molecule is Cc1cnc(C(=O)N=c2sccn2Cc2cccc3ccccc23)cn1. The molecule has 26 heavy (non-hydrogen) atoms. The van der Waals surface area contributed by atoms with Gasteiger partial charge in [-0.15, -0.1) is 11.3 Å². The zero-order valence-corrected chi connectivity index (χ0v) is 15.0. The Morgan fingerprint density at radius 2 is 1.96 bits per heavy atom. The Labute approximate surface area is 154 Å². The van der Waals surface area contributed by atoms with Crippen molar-refractivity contribution in [1.82, 2.24) is 14.5 Å². The van der Waals surface area contributed by atoms with Gasteiger partial charge in [0.15, 0.2) is 4.80 Å². The van der Waals surface area contributed by atoms with Gasteiger partial charge in [-0.2, -0.15) is 4.99 Å². The van der Waals surface area contributed by atoms with Gasteiger partial charge in [-0.1, -0.05) is 42.5 Å². The van der Waals surface area contributed by atoms with Crippen LogP contribution in [-0.4, -0.2) is 20.4 Å². The van der Waals surface area contributed by atoms with Crippen LogP contribution in [0.1, 0.15) is 21.7 Å². The second kappa shape index (κ2) is 7.01. The first-order valence-electron chi connectivity index (χ1n) is 8.19. The van der Waals surface area contributed by atoms with E-state index in [-0.39, 0.29) is 11.6 Å². The predicted molar refractivity (Wildman–Crippen MR) is 102 cm³/mol. The van der Waals surface area contributed by atoms with Crippen molar-refractivity contribution in [2.24, 2.45) is 4.99 Å². The van der Waals surface area contributed by atoms with Crippen LogP contribution in [0.2, 0.25) is 0 Å². The Hall–Kier alpha value is -3.12. The third-order valence-corrected chi connectivity index (χ3v) is 4.87. The Morgan fingerprint density at radius 1 is 1.12 bits per heavy atom. The highest BCUT2D eigenvalue weighted by atomic mass is 32.1. The van der Waals surface area contributed by atoms with Crippen molar-refractivity contribution in [2.75, 3.05) is 0 Å². The zero-order chi connectivity index (χ0) is 17.9. The quantitative estimate of drug-likeness (QED) is 0.561. The van der Waals surface area contributed by atoms with Gasteiger partial charge in [0.2, 0.25) is 0 Å². The molecule has 0 saturated carbocycles. The fraction of sp³-hybridized carbons (Fsp3) is 0.100. The van der Waals surface area contributed by atoms with E-state index in [0.29, 0.717) is 11.3 Å². The van der Waals surface area contributed by atoms with Crippen LogP contribution in [-0.2, 0) is 6.54 Å². The number of aryl methyl sites for hydroxylation is 1. The fourth-order valence-electron chi connectivity index (χ4n) is 2.77. The van der Waals surface area contributed by atoms with Crippen LogP contribution in [0.5, 0.6) is 0 Å². The molecular weight excluding hydrogens is 344 g/mol.